The first-order valence-corrected chi connectivity index (χ1v) is 14.6. The second-order valence-electron chi connectivity index (χ2n) is 9.96. The van der Waals surface area contributed by atoms with E-state index in [9.17, 15) is 17.2 Å². The Morgan fingerprint density at radius 1 is 0.974 bits per heavy atom. The van der Waals surface area contributed by atoms with Gasteiger partial charge >= 0.3 is 6.55 Å². The lowest BCUT2D eigenvalue weighted by atomic mass is 10.0. The van der Waals surface area contributed by atoms with Gasteiger partial charge in [0, 0.05) is 49.1 Å². The molecule has 6 rings (SSSR count). The number of aromatic nitrogens is 4. The van der Waals surface area contributed by atoms with Crippen LogP contribution in [0.15, 0.2) is 71.6 Å². The zero-order chi connectivity index (χ0) is 27.3. The molecule has 1 aliphatic rings. The largest absolute Gasteiger partial charge is 0.382 e. The smallest absolute Gasteiger partial charge is 0.321 e. The molecule has 11 heteroatoms. The van der Waals surface area contributed by atoms with Gasteiger partial charge < -0.3 is 10.2 Å². The molecule has 5 aromatic rings. The molecule has 3 heterocycles. The van der Waals surface area contributed by atoms with Gasteiger partial charge in [-0.2, -0.15) is 13.9 Å². The van der Waals surface area contributed by atoms with E-state index in [1.54, 1.807) is 47.1 Å². The maximum absolute atomic E-state index is 13.9. The van der Waals surface area contributed by atoms with Crippen molar-refractivity contribution in [2.45, 2.75) is 30.3 Å². The zero-order valence-electron chi connectivity index (χ0n) is 21.6. The molecule has 1 saturated heterocycles. The van der Waals surface area contributed by atoms with Crippen molar-refractivity contribution in [3.8, 4) is 11.3 Å². The third-order valence-electron chi connectivity index (χ3n) is 7.31. The van der Waals surface area contributed by atoms with Gasteiger partial charge in [0.2, 0.25) is 5.95 Å². The zero-order valence-corrected chi connectivity index (χ0v) is 22.4. The van der Waals surface area contributed by atoms with Crippen LogP contribution in [-0.4, -0.2) is 53.1 Å². The van der Waals surface area contributed by atoms with Gasteiger partial charge in [0.05, 0.1) is 21.4 Å². The second-order valence-corrected chi connectivity index (χ2v) is 12.0. The Hall–Kier alpha value is -3.99. The topological polar surface area (TPSA) is 85.1 Å². The summed E-state index contributed by atoms with van der Waals surface area (Å²) in [6.07, 6.45) is 2.75. The molecule has 1 N–H and O–H groups in total. The number of nitrogens with zero attached hydrogens (tertiary/aromatic N) is 5. The van der Waals surface area contributed by atoms with E-state index in [2.05, 4.69) is 15.4 Å². The number of fused-ring (bicyclic) bond motifs is 2. The highest BCUT2D eigenvalue weighted by molar-refractivity contribution is 7.90. The first-order valence-electron chi connectivity index (χ1n) is 12.7. The van der Waals surface area contributed by atoms with Gasteiger partial charge in [-0.05, 0) is 55.3 Å². The molecule has 202 valence electrons. The maximum atomic E-state index is 13.9. The molecule has 0 saturated carbocycles. The molecule has 1 aliphatic heterocycles. The summed E-state index contributed by atoms with van der Waals surface area (Å²) >= 11 is 0. The average Bonchev–Trinajstić information content (AvgIpc) is 3.47. The van der Waals surface area contributed by atoms with Crippen molar-refractivity contribution in [1.82, 2.24) is 19.3 Å². The lowest BCUT2D eigenvalue weighted by Gasteiger charge is -2.33. The number of benzene rings is 3. The molecule has 0 amide bonds. The van der Waals surface area contributed by atoms with Crippen molar-refractivity contribution in [1.29, 1.82) is 0 Å². The van der Waals surface area contributed by atoms with E-state index in [0.29, 0.717) is 30.1 Å². The minimum Gasteiger partial charge on any atom is -0.382 e. The first-order chi connectivity index (χ1) is 18.7. The summed E-state index contributed by atoms with van der Waals surface area (Å²) in [5.41, 5.74) is 4.34. The molecule has 2 aromatic heterocycles. The Morgan fingerprint density at radius 2 is 1.74 bits per heavy atom. The van der Waals surface area contributed by atoms with Gasteiger partial charge in [-0.15, -0.1) is 0 Å². The Bertz CT molecular complexity index is 1790. The SMILES string of the molecule is Cn1nc(-c2cccc(S(C)(=O)=O)c2)c2ccc(NC3CCN(c4nc5ccccc5n4C(F)F)CC3)cc21. The number of halogens is 2. The molecule has 3 aromatic carbocycles. The predicted octanol–water partition coefficient (Wildman–Crippen LogP) is 5.47. The van der Waals surface area contributed by atoms with Crippen molar-refractivity contribution in [3.05, 3.63) is 66.7 Å². The molecular weight excluding hydrogens is 522 g/mol. The van der Waals surface area contributed by atoms with Crippen LogP contribution in [-0.2, 0) is 16.9 Å². The van der Waals surface area contributed by atoms with Crippen LogP contribution in [0.4, 0.5) is 20.4 Å². The molecule has 0 radical (unpaired) electrons. The van der Waals surface area contributed by atoms with Crippen LogP contribution in [0, 0.1) is 0 Å². The van der Waals surface area contributed by atoms with E-state index in [-0.39, 0.29) is 10.9 Å². The minimum absolute atomic E-state index is 0.183. The second kappa shape index (κ2) is 9.64. The summed E-state index contributed by atoms with van der Waals surface area (Å²) in [5, 5.41) is 9.19. The van der Waals surface area contributed by atoms with Gasteiger partial charge in [0.15, 0.2) is 9.84 Å². The number of aryl methyl sites for hydroxylation is 1. The fourth-order valence-corrected chi connectivity index (χ4v) is 6.01. The number of sulfone groups is 1. The van der Waals surface area contributed by atoms with Crippen LogP contribution in [0.25, 0.3) is 33.2 Å². The molecule has 0 bridgehead atoms. The number of alkyl halides is 2. The van der Waals surface area contributed by atoms with E-state index in [0.717, 1.165) is 45.3 Å². The Kier molecular flexibility index (Phi) is 6.25. The summed E-state index contributed by atoms with van der Waals surface area (Å²) < 4.78 is 54.7. The summed E-state index contributed by atoms with van der Waals surface area (Å²) in [6, 6.07) is 20.0. The van der Waals surface area contributed by atoms with Gasteiger partial charge in [-0.1, -0.05) is 24.3 Å². The average molecular weight is 551 g/mol. The van der Waals surface area contributed by atoms with Crippen molar-refractivity contribution < 1.29 is 17.2 Å². The minimum atomic E-state index is -3.33. The Morgan fingerprint density at radius 3 is 2.49 bits per heavy atom. The number of imidazole rings is 1. The van der Waals surface area contributed by atoms with E-state index in [4.69, 9.17) is 0 Å². The van der Waals surface area contributed by atoms with E-state index >= 15 is 0 Å². The molecule has 1 fully saturated rings. The molecule has 0 atom stereocenters. The number of hydrogen-bond acceptors (Lipinski definition) is 6. The van der Waals surface area contributed by atoms with Crippen LogP contribution in [0.2, 0.25) is 0 Å². The fourth-order valence-electron chi connectivity index (χ4n) is 5.34. The van der Waals surface area contributed by atoms with Crippen LogP contribution >= 0.6 is 0 Å². The summed E-state index contributed by atoms with van der Waals surface area (Å²) in [6.45, 7) is -1.43. The number of para-hydroxylation sites is 2. The molecule has 0 spiro atoms. The third kappa shape index (κ3) is 4.71. The van der Waals surface area contributed by atoms with Crippen molar-refractivity contribution in [3.63, 3.8) is 0 Å². The molecule has 0 aliphatic carbocycles. The molecule has 0 unspecified atom stereocenters. The number of hydrogen-bond donors (Lipinski definition) is 1. The van der Waals surface area contributed by atoms with Crippen LogP contribution in [0.3, 0.4) is 0 Å². The quantitative estimate of drug-likeness (QED) is 0.302. The van der Waals surface area contributed by atoms with Gasteiger partial charge in [0.1, 0.15) is 5.69 Å². The first kappa shape index (κ1) is 25.3. The summed E-state index contributed by atoms with van der Waals surface area (Å²) in [5.74, 6) is 0.313. The van der Waals surface area contributed by atoms with Crippen molar-refractivity contribution in [2.75, 3.05) is 29.6 Å². The van der Waals surface area contributed by atoms with Crippen LogP contribution in [0.1, 0.15) is 19.4 Å². The highest BCUT2D eigenvalue weighted by Gasteiger charge is 2.26. The Balaban J connectivity index is 1.20. The number of piperidine rings is 1. The highest BCUT2D eigenvalue weighted by atomic mass is 32.2. The monoisotopic (exact) mass is 550 g/mol. The van der Waals surface area contributed by atoms with Gasteiger partial charge in [-0.25, -0.2) is 13.4 Å². The standard InChI is InChI=1S/C28H28F2N6O2S/c1-34-25-17-20(10-11-22(25)26(33-34)18-6-5-7-21(16-18)39(2,37)38)31-19-12-14-35(15-13-19)28-32-23-8-3-4-9-24(23)36(28)27(29)30/h3-11,16-17,19,27,31H,12-15H2,1-2H3. The van der Waals surface area contributed by atoms with Crippen LogP contribution in [0.5, 0.6) is 0 Å². The normalized spacial score (nSPS) is 15.1. The van der Waals surface area contributed by atoms with Gasteiger partial charge in [-0.3, -0.25) is 9.25 Å². The molecular formula is C28H28F2N6O2S. The molecule has 39 heavy (non-hydrogen) atoms. The highest BCUT2D eigenvalue weighted by Crippen LogP contribution is 2.33. The van der Waals surface area contributed by atoms with E-state index in [1.807, 2.05) is 36.2 Å². The number of anilines is 2. The summed E-state index contributed by atoms with van der Waals surface area (Å²) in [7, 11) is -1.46. The number of rotatable bonds is 6. The summed E-state index contributed by atoms with van der Waals surface area (Å²) in [4.78, 5) is 6.69. The van der Waals surface area contributed by atoms with E-state index < -0.39 is 16.4 Å². The lowest BCUT2D eigenvalue weighted by Crippen LogP contribution is -2.40. The predicted molar refractivity (Wildman–Crippen MR) is 149 cm³/mol. The van der Waals surface area contributed by atoms with Gasteiger partial charge in [0.25, 0.3) is 0 Å². The number of nitrogens with one attached hydrogen (secondary N) is 1. The Labute approximate surface area is 224 Å². The van der Waals surface area contributed by atoms with Crippen molar-refractivity contribution >= 4 is 43.4 Å². The van der Waals surface area contributed by atoms with E-state index in [1.165, 1.54) is 6.26 Å². The molecule has 8 nitrogen and oxygen atoms in total. The lowest BCUT2D eigenvalue weighted by molar-refractivity contribution is 0.0757. The third-order valence-corrected chi connectivity index (χ3v) is 8.42. The van der Waals surface area contributed by atoms with Crippen LogP contribution < -0.4 is 10.2 Å². The maximum Gasteiger partial charge on any atom is 0.321 e. The van der Waals surface area contributed by atoms with Crippen molar-refractivity contribution in [2.24, 2.45) is 7.05 Å². The fraction of sp³-hybridized carbons (Fsp3) is 0.286.